The Bertz CT molecular complexity index is 2850. The zero-order valence-electron chi connectivity index (χ0n) is 31.6. The molecule has 0 amide bonds. The third kappa shape index (κ3) is 5.34. The van der Waals surface area contributed by atoms with Crippen LogP contribution in [0.2, 0.25) is 0 Å². The van der Waals surface area contributed by atoms with Crippen LogP contribution in [0.15, 0.2) is 200 Å². The summed E-state index contributed by atoms with van der Waals surface area (Å²) in [7, 11) is 0. The first-order chi connectivity index (χ1) is 28.1. The maximum atomic E-state index is 6.97. The molecule has 0 fully saturated rings. The Hall–Kier alpha value is -7.10. The number of aromatic nitrogens is 2. The third-order valence-corrected chi connectivity index (χ3v) is 11.9. The van der Waals surface area contributed by atoms with E-state index in [9.17, 15) is 0 Å². The monoisotopic (exact) mass is 730 g/mol. The van der Waals surface area contributed by atoms with E-state index in [1.165, 1.54) is 33.4 Å². The number of allylic oxidation sites excluding steroid dienone is 4. The molecule has 57 heavy (non-hydrogen) atoms. The summed E-state index contributed by atoms with van der Waals surface area (Å²) in [5, 5.41) is 0. The van der Waals surface area contributed by atoms with E-state index in [2.05, 4.69) is 165 Å². The van der Waals surface area contributed by atoms with Gasteiger partial charge in [-0.2, -0.15) is 0 Å². The summed E-state index contributed by atoms with van der Waals surface area (Å²) in [6.07, 6.45) is 5.82. The molecule has 2 unspecified atom stereocenters. The lowest BCUT2D eigenvalue weighted by Crippen LogP contribution is -2.33. The number of rotatable bonds is 5. The van der Waals surface area contributed by atoms with Gasteiger partial charge in [-0.05, 0) is 69.5 Å². The molecule has 1 spiro atoms. The Kier molecular flexibility index (Phi) is 7.75. The minimum Gasteiger partial charge on any atom is -0.456 e. The molecule has 3 nitrogen and oxygen atoms in total. The summed E-state index contributed by atoms with van der Waals surface area (Å²) >= 11 is 0. The number of fused-ring (bicyclic) bond motifs is 8. The molecule has 2 atom stereocenters. The average Bonchev–Trinajstić information content (AvgIpc) is 3.56. The maximum absolute atomic E-state index is 6.97. The van der Waals surface area contributed by atoms with Crippen molar-refractivity contribution >= 4 is 5.57 Å². The van der Waals surface area contributed by atoms with Gasteiger partial charge < -0.3 is 4.74 Å². The molecule has 11 rings (SSSR count). The van der Waals surface area contributed by atoms with E-state index in [4.69, 9.17) is 14.7 Å². The van der Waals surface area contributed by atoms with Crippen molar-refractivity contribution in [2.75, 3.05) is 0 Å². The zero-order chi connectivity index (χ0) is 37.9. The molecule has 1 aliphatic heterocycles. The number of hydrogen-bond acceptors (Lipinski definition) is 3. The Labute approximate surface area is 333 Å². The maximum Gasteiger partial charge on any atom is 0.160 e. The molecule has 0 radical (unpaired) electrons. The molecule has 1 aromatic heterocycles. The first kappa shape index (κ1) is 33.3. The molecule has 2 aliphatic carbocycles. The van der Waals surface area contributed by atoms with Crippen molar-refractivity contribution in [3.8, 4) is 67.7 Å². The van der Waals surface area contributed by atoms with E-state index < -0.39 is 5.41 Å². The van der Waals surface area contributed by atoms with Crippen molar-refractivity contribution in [3.63, 3.8) is 0 Å². The molecule has 3 aliphatic rings. The molecule has 7 aromatic carbocycles. The molecular weight excluding hydrogens is 693 g/mol. The van der Waals surface area contributed by atoms with Gasteiger partial charge >= 0.3 is 0 Å². The van der Waals surface area contributed by atoms with Gasteiger partial charge in [-0.1, -0.05) is 183 Å². The van der Waals surface area contributed by atoms with Crippen LogP contribution in [0.5, 0.6) is 11.5 Å². The van der Waals surface area contributed by atoms with Crippen molar-refractivity contribution in [1.82, 2.24) is 9.97 Å². The van der Waals surface area contributed by atoms with Crippen LogP contribution in [0.4, 0.5) is 0 Å². The van der Waals surface area contributed by atoms with E-state index in [1.54, 1.807) is 0 Å². The lowest BCUT2D eigenvalue weighted by Gasteiger charge is -2.41. The second kappa shape index (κ2) is 13.3. The molecule has 8 aromatic rings. The SMILES string of the molecule is CC1C=CC2=C(C1)c1ccccc1C21c2ccccc2Oc2c(-c3ccc(-c4cccc(-c5nc(-c6ccccc6)cc(-c6ccccc6)n5)c4)cc3)cccc21. The number of ether oxygens (including phenoxy) is 1. The Morgan fingerprint density at radius 2 is 1.07 bits per heavy atom. The Morgan fingerprint density at radius 1 is 0.491 bits per heavy atom. The highest BCUT2D eigenvalue weighted by molar-refractivity contribution is 5.92. The number of para-hydroxylation sites is 2. The zero-order valence-corrected chi connectivity index (χ0v) is 31.6. The minimum atomic E-state index is -0.455. The fourth-order valence-corrected chi connectivity index (χ4v) is 9.33. The predicted molar refractivity (Wildman–Crippen MR) is 232 cm³/mol. The van der Waals surface area contributed by atoms with Crippen molar-refractivity contribution in [1.29, 1.82) is 0 Å². The first-order valence-electron chi connectivity index (χ1n) is 19.8. The predicted octanol–water partition coefficient (Wildman–Crippen LogP) is 13.6. The summed E-state index contributed by atoms with van der Waals surface area (Å²) in [6.45, 7) is 2.32. The number of benzene rings is 7. The molecule has 0 bridgehead atoms. The summed E-state index contributed by atoms with van der Waals surface area (Å²) < 4.78 is 6.97. The standard InChI is InChI=1S/C54H38N2O/c1-35-26-31-46-44(32-35)43-20-8-9-22-45(43)54(46)47-23-10-11-25-51(47)57-52-42(21-13-24-48(52)54)37-29-27-36(28-30-37)40-18-12-19-41(33-40)53-55-49(38-14-4-2-5-15-38)34-50(56-53)39-16-6-3-7-17-39/h2-31,33-35H,32H2,1H3. The van der Waals surface area contributed by atoms with E-state index in [0.29, 0.717) is 11.7 Å². The van der Waals surface area contributed by atoms with E-state index >= 15 is 0 Å². The molecular formula is C54H38N2O. The van der Waals surface area contributed by atoms with E-state index in [-0.39, 0.29) is 0 Å². The van der Waals surface area contributed by atoms with Gasteiger partial charge in [0.1, 0.15) is 11.5 Å². The highest BCUT2D eigenvalue weighted by Gasteiger charge is 2.52. The molecule has 0 saturated heterocycles. The largest absolute Gasteiger partial charge is 0.456 e. The molecule has 2 heterocycles. The van der Waals surface area contributed by atoms with Crippen LogP contribution in [0.3, 0.4) is 0 Å². The van der Waals surface area contributed by atoms with Gasteiger partial charge in [-0.15, -0.1) is 0 Å². The van der Waals surface area contributed by atoms with Crippen LogP contribution in [0.1, 0.15) is 35.6 Å². The molecule has 270 valence electrons. The topological polar surface area (TPSA) is 35.0 Å². The highest BCUT2D eigenvalue weighted by Crippen LogP contribution is 2.64. The second-order valence-electron chi connectivity index (χ2n) is 15.4. The summed E-state index contributed by atoms with van der Waals surface area (Å²) in [4.78, 5) is 10.2. The van der Waals surface area contributed by atoms with Crippen LogP contribution in [-0.2, 0) is 5.41 Å². The third-order valence-electron chi connectivity index (χ3n) is 11.9. The van der Waals surface area contributed by atoms with Crippen molar-refractivity contribution in [2.24, 2.45) is 5.92 Å². The fourth-order valence-electron chi connectivity index (χ4n) is 9.33. The first-order valence-corrected chi connectivity index (χ1v) is 19.8. The van der Waals surface area contributed by atoms with Gasteiger partial charge in [-0.25, -0.2) is 9.97 Å². The lowest BCUT2D eigenvalue weighted by molar-refractivity contribution is 0.437. The van der Waals surface area contributed by atoms with Gasteiger partial charge in [0.25, 0.3) is 0 Å². The summed E-state index contributed by atoms with van der Waals surface area (Å²) in [5.74, 6) is 3.03. The number of hydrogen-bond donors (Lipinski definition) is 0. The number of nitrogens with zero attached hydrogens (tertiary/aromatic N) is 2. The van der Waals surface area contributed by atoms with Gasteiger partial charge in [0.05, 0.1) is 16.8 Å². The Balaban J connectivity index is 0.997. The molecule has 0 N–H and O–H groups in total. The Morgan fingerprint density at radius 3 is 1.82 bits per heavy atom. The van der Waals surface area contributed by atoms with Gasteiger partial charge in [0, 0.05) is 33.4 Å². The lowest BCUT2D eigenvalue weighted by atomic mass is 9.64. The minimum absolute atomic E-state index is 0.455. The van der Waals surface area contributed by atoms with Gasteiger partial charge in [0.2, 0.25) is 0 Å². The molecule has 3 heteroatoms. The quantitative estimate of drug-likeness (QED) is 0.177. The smallest absolute Gasteiger partial charge is 0.160 e. The van der Waals surface area contributed by atoms with Crippen LogP contribution in [0, 0.1) is 5.92 Å². The van der Waals surface area contributed by atoms with Gasteiger partial charge in [-0.3, -0.25) is 0 Å². The van der Waals surface area contributed by atoms with Crippen LogP contribution < -0.4 is 4.74 Å². The van der Waals surface area contributed by atoms with Crippen LogP contribution >= 0.6 is 0 Å². The van der Waals surface area contributed by atoms with Crippen LogP contribution in [-0.4, -0.2) is 9.97 Å². The van der Waals surface area contributed by atoms with Crippen molar-refractivity contribution < 1.29 is 4.74 Å². The van der Waals surface area contributed by atoms with E-state index in [1.807, 2.05) is 36.4 Å². The second-order valence-corrected chi connectivity index (χ2v) is 15.4. The van der Waals surface area contributed by atoms with E-state index in [0.717, 1.165) is 68.3 Å². The van der Waals surface area contributed by atoms with Crippen LogP contribution in [0.25, 0.3) is 61.7 Å². The van der Waals surface area contributed by atoms with Crippen molar-refractivity contribution in [2.45, 2.75) is 18.8 Å². The van der Waals surface area contributed by atoms with Crippen molar-refractivity contribution in [3.05, 3.63) is 222 Å². The summed E-state index contributed by atoms with van der Waals surface area (Å²) in [6, 6.07) is 64.5. The summed E-state index contributed by atoms with van der Waals surface area (Å²) in [5.41, 5.74) is 16.8. The fraction of sp³-hybridized carbons (Fsp3) is 0.0741. The van der Waals surface area contributed by atoms with Gasteiger partial charge in [0.15, 0.2) is 5.82 Å². The highest BCUT2D eigenvalue weighted by atomic mass is 16.5. The molecule has 0 saturated carbocycles. The normalized spacial score (nSPS) is 17.4. The average molecular weight is 731 g/mol.